The van der Waals surface area contributed by atoms with Crippen molar-refractivity contribution in [1.82, 2.24) is 19.6 Å². The fraction of sp³-hybridized carbons (Fsp3) is 0.222. The topological polar surface area (TPSA) is 115 Å². The fourth-order valence-electron chi connectivity index (χ4n) is 2.90. The van der Waals surface area contributed by atoms with Gasteiger partial charge in [-0.15, -0.1) is 0 Å². The van der Waals surface area contributed by atoms with Gasteiger partial charge < -0.3 is 9.88 Å². The first-order chi connectivity index (χ1) is 13.2. The molecule has 0 aliphatic carbocycles. The van der Waals surface area contributed by atoms with Crippen LogP contribution >= 0.6 is 11.6 Å². The van der Waals surface area contributed by atoms with Crippen molar-refractivity contribution in [3.63, 3.8) is 0 Å². The molecule has 0 aliphatic heterocycles. The predicted octanol–water partition coefficient (Wildman–Crippen LogP) is 1.45. The van der Waals surface area contributed by atoms with E-state index < -0.39 is 21.3 Å². The molecule has 3 rings (SSSR count). The molecular weight excluding hydrogens is 404 g/mol. The number of aromatic amines is 2. The minimum absolute atomic E-state index is 0.0748. The Hall–Kier alpha value is -2.46. The van der Waals surface area contributed by atoms with Gasteiger partial charge in [-0.1, -0.05) is 29.8 Å². The van der Waals surface area contributed by atoms with Crippen molar-refractivity contribution in [3.8, 4) is 0 Å². The van der Waals surface area contributed by atoms with Crippen molar-refractivity contribution in [2.24, 2.45) is 0 Å². The lowest BCUT2D eigenvalue weighted by Gasteiger charge is -2.26. The molecule has 0 saturated carbocycles. The molecule has 0 fully saturated rings. The van der Waals surface area contributed by atoms with Crippen LogP contribution < -0.4 is 16.0 Å². The summed E-state index contributed by atoms with van der Waals surface area (Å²) >= 11 is 6.25. The van der Waals surface area contributed by atoms with Crippen molar-refractivity contribution in [2.45, 2.75) is 10.9 Å². The minimum atomic E-state index is -3.89. The molecule has 8 nitrogen and oxygen atoms in total. The number of nitrogens with one attached hydrogen (secondary N) is 3. The highest BCUT2D eigenvalue weighted by molar-refractivity contribution is 7.89. The maximum absolute atomic E-state index is 12.8. The molecule has 0 saturated heterocycles. The number of rotatable bonds is 6. The normalized spacial score (nSPS) is 13.1. The van der Waals surface area contributed by atoms with E-state index in [4.69, 9.17) is 11.6 Å². The largest absolute Gasteiger partial charge is 0.326 e. The molecule has 0 amide bonds. The third-order valence-electron chi connectivity index (χ3n) is 4.38. The van der Waals surface area contributed by atoms with Crippen LogP contribution in [0.25, 0.3) is 10.9 Å². The smallest absolute Gasteiger partial charge is 0.307 e. The van der Waals surface area contributed by atoms with E-state index in [1.807, 2.05) is 31.1 Å². The summed E-state index contributed by atoms with van der Waals surface area (Å²) in [6.07, 6.45) is 0. The van der Waals surface area contributed by atoms with Crippen LogP contribution in [0.2, 0.25) is 5.02 Å². The molecule has 28 heavy (non-hydrogen) atoms. The minimum Gasteiger partial charge on any atom is -0.307 e. The predicted molar refractivity (Wildman–Crippen MR) is 108 cm³/mol. The van der Waals surface area contributed by atoms with Gasteiger partial charge in [-0.25, -0.2) is 17.9 Å². The molecule has 0 radical (unpaired) electrons. The summed E-state index contributed by atoms with van der Waals surface area (Å²) in [6, 6.07) is 10.9. The van der Waals surface area contributed by atoms with Crippen LogP contribution in [0.5, 0.6) is 0 Å². The number of fused-ring (bicyclic) bond motifs is 1. The first-order valence-corrected chi connectivity index (χ1v) is 10.2. The van der Waals surface area contributed by atoms with Crippen LogP contribution in [-0.2, 0) is 10.0 Å². The second kappa shape index (κ2) is 7.88. The number of aromatic nitrogens is 2. The van der Waals surface area contributed by atoms with Gasteiger partial charge in [0, 0.05) is 17.6 Å². The van der Waals surface area contributed by atoms with Gasteiger partial charge in [0.05, 0.1) is 15.8 Å². The van der Waals surface area contributed by atoms with E-state index in [9.17, 15) is 18.0 Å². The van der Waals surface area contributed by atoms with Gasteiger partial charge in [0.25, 0.3) is 5.56 Å². The Kier molecular flexibility index (Phi) is 5.71. The first-order valence-electron chi connectivity index (χ1n) is 8.36. The van der Waals surface area contributed by atoms with E-state index in [0.29, 0.717) is 5.02 Å². The zero-order chi connectivity index (χ0) is 20.5. The summed E-state index contributed by atoms with van der Waals surface area (Å²) in [5.74, 6) is 0. The number of sulfonamides is 1. The Balaban J connectivity index is 1.91. The van der Waals surface area contributed by atoms with Crippen molar-refractivity contribution in [3.05, 3.63) is 73.9 Å². The average molecular weight is 423 g/mol. The lowest BCUT2D eigenvalue weighted by Crippen LogP contribution is -2.34. The van der Waals surface area contributed by atoms with Gasteiger partial charge in [0.15, 0.2) is 0 Å². The third kappa shape index (κ3) is 4.17. The Morgan fingerprint density at radius 1 is 1.11 bits per heavy atom. The molecule has 2 aromatic carbocycles. The van der Waals surface area contributed by atoms with Crippen molar-refractivity contribution in [1.29, 1.82) is 0 Å². The van der Waals surface area contributed by atoms with Crippen LogP contribution in [0.3, 0.4) is 0 Å². The van der Waals surface area contributed by atoms with Crippen LogP contribution in [0.4, 0.5) is 0 Å². The van der Waals surface area contributed by atoms with E-state index in [1.165, 1.54) is 18.2 Å². The lowest BCUT2D eigenvalue weighted by molar-refractivity contribution is 0.299. The van der Waals surface area contributed by atoms with Crippen LogP contribution in [-0.4, -0.2) is 43.9 Å². The highest BCUT2D eigenvalue weighted by atomic mass is 35.5. The summed E-state index contributed by atoms with van der Waals surface area (Å²) in [6.45, 7) is 0.0824. The van der Waals surface area contributed by atoms with Gasteiger partial charge in [-0.3, -0.25) is 9.78 Å². The number of halogens is 1. The standard InChI is InChI=1S/C18H19ClN4O4S/c1-23(2)16(12-5-3-4-6-14(12)19)10-20-28(26,27)11-7-8-15-13(9-11)17(24)22-18(25)21-15/h3-9,16,20H,10H2,1-2H3,(H2,21,22,24,25). The highest BCUT2D eigenvalue weighted by Crippen LogP contribution is 2.26. The van der Waals surface area contributed by atoms with Gasteiger partial charge >= 0.3 is 5.69 Å². The molecule has 1 atom stereocenters. The lowest BCUT2D eigenvalue weighted by atomic mass is 10.1. The maximum Gasteiger partial charge on any atom is 0.326 e. The summed E-state index contributed by atoms with van der Waals surface area (Å²) in [5, 5.41) is 0.624. The Morgan fingerprint density at radius 2 is 1.82 bits per heavy atom. The summed E-state index contributed by atoms with van der Waals surface area (Å²) < 4.78 is 28.1. The Labute approximate surface area is 166 Å². The molecule has 0 aliphatic rings. The van der Waals surface area contributed by atoms with Gasteiger partial charge in [-0.05, 0) is 43.9 Å². The molecule has 1 unspecified atom stereocenters. The van der Waals surface area contributed by atoms with Crippen molar-refractivity contribution in [2.75, 3.05) is 20.6 Å². The number of nitrogens with zero attached hydrogens (tertiary/aromatic N) is 1. The van der Waals surface area contributed by atoms with E-state index in [1.54, 1.807) is 12.1 Å². The molecule has 0 bridgehead atoms. The Bertz CT molecular complexity index is 1230. The highest BCUT2D eigenvalue weighted by Gasteiger charge is 2.22. The van der Waals surface area contributed by atoms with Gasteiger partial charge in [-0.2, -0.15) is 0 Å². The molecule has 148 valence electrons. The Morgan fingerprint density at radius 3 is 2.50 bits per heavy atom. The van der Waals surface area contributed by atoms with Gasteiger partial charge in [0.1, 0.15) is 0 Å². The fourth-order valence-corrected chi connectivity index (χ4v) is 4.23. The van der Waals surface area contributed by atoms with Crippen LogP contribution in [0.1, 0.15) is 11.6 Å². The number of hydrogen-bond acceptors (Lipinski definition) is 5. The van der Waals surface area contributed by atoms with E-state index >= 15 is 0 Å². The van der Waals surface area contributed by atoms with Crippen LogP contribution in [0, 0.1) is 0 Å². The zero-order valence-corrected chi connectivity index (χ0v) is 16.8. The van der Waals surface area contributed by atoms with Crippen molar-refractivity contribution < 1.29 is 8.42 Å². The number of hydrogen-bond donors (Lipinski definition) is 3. The van der Waals surface area contributed by atoms with Crippen molar-refractivity contribution >= 4 is 32.5 Å². The van der Waals surface area contributed by atoms with Crippen LogP contribution in [0.15, 0.2) is 56.9 Å². The van der Waals surface area contributed by atoms with Gasteiger partial charge in [0.2, 0.25) is 10.0 Å². The number of likely N-dealkylation sites (N-methyl/N-ethyl adjacent to an activating group) is 1. The number of H-pyrrole nitrogens is 2. The molecule has 1 heterocycles. The van der Waals surface area contributed by atoms with E-state index in [2.05, 4.69) is 14.7 Å². The summed E-state index contributed by atoms with van der Waals surface area (Å²) in [4.78, 5) is 29.6. The zero-order valence-electron chi connectivity index (χ0n) is 15.2. The van der Waals surface area contributed by atoms with E-state index in [-0.39, 0.29) is 28.4 Å². The molecule has 3 N–H and O–H groups in total. The van der Waals surface area contributed by atoms with E-state index in [0.717, 1.165) is 5.56 Å². The first kappa shape index (κ1) is 20.3. The summed E-state index contributed by atoms with van der Waals surface area (Å²) in [7, 11) is -0.237. The molecule has 3 aromatic rings. The second-order valence-corrected chi connectivity index (χ2v) is 8.64. The second-order valence-electron chi connectivity index (χ2n) is 6.47. The molecule has 1 aromatic heterocycles. The monoisotopic (exact) mass is 422 g/mol. The molecular formula is C18H19ClN4O4S. The summed E-state index contributed by atoms with van der Waals surface area (Å²) in [5.41, 5.74) is -0.253. The quantitative estimate of drug-likeness (QED) is 0.556. The average Bonchev–Trinajstić information content (AvgIpc) is 2.62. The molecule has 10 heteroatoms. The number of benzene rings is 2. The molecule has 0 spiro atoms. The maximum atomic E-state index is 12.8. The SMILES string of the molecule is CN(C)C(CNS(=O)(=O)c1ccc2[nH]c(=O)[nH]c(=O)c2c1)c1ccccc1Cl. The third-order valence-corrected chi connectivity index (χ3v) is 6.14.